The van der Waals surface area contributed by atoms with Crippen molar-refractivity contribution in [2.75, 3.05) is 0 Å². The Bertz CT molecular complexity index is 161. The standard InChI is InChI=1S/C11H21F2N/c1-3-4-9(2)14-10-5-7-11(12,13)8-6-10/h9-10,14H,3-8H2,1-2H3. The lowest BCUT2D eigenvalue weighted by molar-refractivity contribution is -0.0411. The third-order valence-corrected chi connectivity index (χ3v) is 2.96. The molecule has 1 nitrogen and oxygen atoms in total. The number of alkyl halides is 2. The molecule has 0 bridgehead atoms. The Hall–Kier alpha value is -0.180. The molecular formula is C11H21F2N. The zero-order chi connectivity index (χ0) is 10.6. The van der Waals surface area contributed by atoms with E-state index in [1.54, 1.807) is 0 Å². The van der Waals surface area contributed by atoms with Crippen LogP contribution in [0.15, 0.2) is 0 Å². The maximum Gasteiger partial charge on any atom is 0.248 e. The summed E-state index contributed by atoms with van der Waals surface area (Å²) < 4.78 is 25.7. The van der Waals surface area contributed by atoms with E-state index in [4.69, 9.17) is 0 Å². The topological polar surface area (TPSA) is 12.0 Å². The van der Waals surface area contributed by atoms with Crippen LogP contribution in [0.2, 0.25) is 0 Å². The summed E-state index contributed by atoms with van der Waals surface area (Å²) >= 11 is 0. The van der Waals surface area contributed by atoms with Crippen LogP contribution >= 0.6 is 0 Å². The fourth-order valence-electron chi connectivity index (χ4n) is 2.13. The molecular weight excluding hydrogens is 184 g/mol. The van der Waals surface area contributed by atoms with Crippen LogP contribution in [0, 0.1) is 0 Å². The van der Waals surface area contributed by atoms with E-state index >= 15 is 0 Å². The van der Waals surface area contributed by atoms with Crippen molar-refractivity contribution in [3.8, 4) is 0 Å². The van der Waals surface area contributed by atoms with Crippen LogP contribution in [-0.2, 0) is 0 Å². The summed E-state index contributed by atoms with van der Waals surface area (Å²) in [5.74, 6) is -2.40. The van der Waals surface area contributed by atoms with Crippen molar-refractivity contribution in [1.29, 1.82) is 0 Å². The quantitative estimate of drug-likeness (QED) is 0.742. The van der Waals surface area contributed by atoms with Crippen molar-refractivity contribution in [3.05, 3.63) is 0 Å². The molecule has 1 N–H and O–H groups in total. The molecule has 0 aliphatic heterocycles. The van der Waals surface area contributed by atoms with Crippen LogP contribution in [0.5, 0.6) is 0 Å². The normalized spacial score (nSPS) is 24.9. The van der Waals surface area contributed by atoms with Gasteiger partial charge in [0.25, 0.3) is 0 Å². The average molecular weight is 205 g/mol. The average Bonchev–Trinajstić information content (AvgIpc) is 2.09. The van der Waals surface area contributed by atoms with Crippen LogP contribution in [-0.4, -0.2) is 18.0 Å². The molecule has 1 rings (SSSR count). The van der Waals surface area contributed by atoms with E-state index in [1.807, 2.05) is 0 Å². The Labute approximate surface area is 85.3 Å². The molecule has 0 aromatic rings. The molecule has 0 heterocycles. The molecule has 1 saturated carbocycles. The highest BCUT2D eigenvalue weighted by molar-refractivity contribution is 4.82. The second-order valence-corrected chi connectivity index (χ2v) is 4.49. The van der Waals surface area contributed by atoms with Crippen molar-refractivity contribution >= 4 is 0 Å². The molecule has 1 fully saturated rings. The fraction of sp³-hybridized carbons (Fsp3) is 1.00. The van der Waals surface area contributed by atoms with Gasteiger partial charge in [0.05, 0.1) is 0 Å². The summed E-state index contributed by atoms with van der Waals surface area (Å²) in [4.78, 5) is 0. The van der Waals surface area contributed by atoms with E-state index in [-0.39, 0.29) is 12.8 Å². The van der Waals surface area contributed by atoms with Gasteiger partial charge in [-0.2, -0.15) is 0 Å². The Morgan fingerprint density at radius 2 is 1.93 bits per heavy atom. The van der Waals surface area contributed by atoms with Crippen molar-refractivity contribution in [2.24, 2.45) is 0 Å². The molecule has 0 saturated heterocycles. The molecule has 0 spiro atoms. The molecule has 1 unspecified atom stereocenters. The lowest BCUT2D eigenvalue weighted by atomic mass is 9.91. The summed E-state index contributed by atoms with van der Waals surface area (Å²) in [5, 5.41) is 3.42. The summed E-state index contributed by atoms with van der Waals surface area (Å²) in [6.07, 6.45) is 3.65. The summed E-state index contributed by atoms with van der Waals surface area (Å²) in [7, 11) is 0. The van der Waals surface area contributed by atoms with Gasteiger partial charge in [-0.1, -0.05) is 13.3 Å². The van der Waals surface area contributed by atoms with Gasteiger partial charge < -0.3 is 5.32 Å². The monoisotopic (exact) mass is 205 g/mol. The SMILES string of the molecule is CCCC(C)NC1CCC(F)(F)CC1. The van der Waals surface area contributed by atoms with Gasteiger partial charge in [-0.3, -0.25) is 0 Å². The van der Waals surface area contributed by atoms with Crippen LogP contribution in [0.4, 0.5) is 8.78 Å². The molecule has 0 aromatic heterocycles. The molecule has 0 amide bonds. The first kappa shape index (κ1) is 11.9. The van der Waals surface area contributed by atoms with Crippen LogP contribution in [0.3, 0.4) is 0 Å². The van der Waals surface area contributed by atoms with Gasteiger partial charge in [0.15, 0.2) is 0 Å². The third-order valence-electron chi connectivity index (χ3n) is 2.96. The first-order valence-corrected chi connectivity index (χ1v) is 5.67. The van der Waals surface area contributed by atoms with Crippen molar-refractivity contribution in [2.45, 2.75) is 70.4 Å². The maximum atomic E-state index is 12.8. The number of hydrogen-bond acceptors (Lipinski definition) is 1. The molecule has 0 radical (unpaired) electrons. The van der Waals surface area contributed by atoms with Gasteiger partial charge in [0, 0.05) is 24.9 Å². The summed E-state index contributed by atoms with van der Waals surface area (Å²) in [6, 6.07) is 0.785. The van der Waals surface area contributed by atoms with Gasteiger partial charge in [-0.05, 0) is 26.2 Å². The van der Waals surface area contributed by atoms with Crippen LogP contribution in [0.1, 0.15) is 52.4 Å². The Balaban J connectivity index is 2.22. The van der Waals surface area contributed by atoms with Gasteiger partial charge in [-0.25, -0.2) is 8.78 Å². The zero-order valence-electron chi connectivity index (χ0n) is 9.15. The third kappa shape index (κ3) is 3.91. The lowest BCUT2D eigenvalue weighted by Crippen LogP contribution is -2.41. The molecule has 0 aromatic carbocycles. The Morgan fingerprint density at radius 3 is 2.43 bits per heavy atom. The lowest BCUT2D eigenvalue weighted by Gasteiger charge is -2.31. The highest BCUT2D eigenvalue weighted by atomic mass is 19.3. The van der Waals surface area contributed by atoms with E-state index in [0.717, 1.165) is 12.8 Å². The second kappa shape index (κ2) is 5.06. The largest absolute Gasteiger partial charge is 0.312 e. The van der Waals surface area contributed by atoms with Gasteiger partial charge in [0.1, 0.15) is 0 Å². The van der Waals surface area contributed by atoms with Gasteiger partial charge in [0.2, 0.25) is 5.92 Å². The molecule has 1 atom stereocenters. The Morgan fingerprint density at radius 1 is 1.36 bits per heavy atom. The van der Waals surface area contributed by atoms with E-state index in [0.29, 0.717) is 24.9 Å². The highest BCUT2D eigenvalue weighted by Crippen LogP contribution is 2.33. The van der Waals surface area contributed by atoms with E-state index in [9.17, 15) is 8.78 Å². The first-order valence-electron chi connectivity index (χ1n) is 5.67. The van der Waals surface area contributed by atoms with Crippen molar-refractivity contribution in [1.82, 2.24) is 5.32 Å². The minimum absolute atomic E-state index is 0.0590. The van der Waals surface area contributed by atoms with Gasteiger partial charge >= 0.3 is 0 Å². The highest BCUT2D eigenvalue weighted by Gasteiger charge is 2.34. The van der Waals surface area contributed by atoms with Crippen molar-refractivity contribution in [3.63, 3.8) is 0 Å². The van der Waals surface area contributed by atoms with Gasteiger partial charge in [-0.15, -0.1) is 0 Å². The second-order valence-electron chi connectivity index (χ2n) is 4.49. The fourth-order valence-corrected chi connectivity index (χ4v) is 2.13. The van der Waals surface area contributed by atoms with Crippen molar-refractivity contribution < 1.29 is 8.78 Å². The molecule has 84 valence electrons. The van der Waals surface area contributed by atoms with Crippen LogP contribution in [0.25, 0.3) is 0 Å². The van der Waals surface area contributed by atoms with E-state index < -0.39 is 5.92 Å². The minimum atomic E-state index is -2.40. The first-order chi connectivity index (χ1) is 6.53. The minimum Gasteiger partial charge on any atom is -0.312 e. The Kier molecular flexibility index (Phi) is 4.30. The smallest absolute Gasteiger partial charge is 0.248 e. The number of halogens is 2. The predicted octanol–water partition coefficient (Wildman–Crippen LogP) is 3.34. The molecule has 1 aliphatic rings. The summed E-state index contributed by atoms with van der Waals surface area (Å²) in [5.41, 5.74) is 0. The van der Waals surface area contributed by atoms with Crippen LogP contribution < -0.4 is 5.32 Å². The maximum absolute atomic E-state index is 12.8. The predicted molar refractivity (Wildman–Crippen MR) is 54.7 cm³/mol. The number of nitrogens with one attached hydrogen (secondary N) is 1. The molecule has 1 aliphatic carbocycles. The number of hydrogen-bond donors (Lipinski definition) is 1. The molecule has 3 heteroatoms. The molecule has 14 heavy (non-hydrogen) atoms. The van der Waals surface area contributed by atoms with E-state index in [1.165, 1.54) is 0 Å². The zero-order valence-corrected chi connectivity index (χ0v) is 9.15. The van der Waals surface area contributed by atoms with E-state index in [2.05, 4.69) is 19.2 Å². The number of rotatable bonds is 4. The summed E-state index contributed by atoms with van der Waals surface area (Å²) in [6.45, 7) is 4.28.